The highest BCUT2D eigenvalue weighted by Crippen LogP contribution is 2.38. The van der Waals surface area contributed by atoms with E-state index in [2.05, 4.69) is 20.4 Å². The minimum atomic E-state index is -2.97. The minimum Gasteiger partial charge on any atom is -0.486 e. The van der Waals surface area contributed by atoms with Gasteiger partial charge in [0.2, 0.25) is 6.79 Å². The molecule has 10 heteroatoms. The van der Waals surface area contributed by atoms with Crippen LogP contribution in [0.25, 0.3) is 0 Å². The molecule has 0 amide bonds. The molecule has 1 atom stereocenters. The zero-order valence-electron chi connectivity index (χ0n) is 16.5. The van der Waals surface area contributed by atoms with Crippen molar-refractivity contribution in [2.24, 2.45) is 4.99 Å². The van der Waals surface area contributed by atoms with Gasteiger partial charge in [0.1, 0.15) is 11.9 Å². The Kier molecular flexibility index (Phi) is 7.10. The van der Waals surface area contributed by atoms with Crippen molar-refractivity contribution >= 4 is 5.96 Å². The normalized spacial score (nSPS) is 13.9. The highest BCUT2D eigenvalue weighted by atomic mass is 19.3. The van der Waals surface area contributed by atoms with E-state index >= 15 is 0 Å². The van der Waals surface area contributed by atoms with Gasteiger partial charge in [0.05, 0.1) is 6.54 Å². The summed E-state index contributed by atoms with van der Waals surface area (Å²) in [7, 11) is 1.56. The standard InChI is InChI=1S/C20H22F3N3O4/c1-12(29-15-6-4-3-5-14(15)21)9-25-20(24-2)26-10-13-7-17-18(28-11-27-17)8-16(13)30-19(22)23/h3-8,12,19H,9-11H2,1-2H3,(H2,24,25,26). The van der Waals surface area contributed by atoms with Crippen LogP contribution in [0.4, 0.5) is 13.2 Å². The zero-order chi connectivity index (χ0) is 21.5. The van der Waals surface area contributed by atoms with Crippen LogP contribution in [-0.2, 0) is 6.54 Å². The number of nitrogens with one attached hydrogen (secondary N) is 2. The van der Waals surface area contributed by atoms with E-state index in [0.717, 1.165) is 0 Å². The van der Waals surface area contributed by atoms with Crippen molar-refractivity contribution in [3.05, 3.63) is 47.8 Å². The topological polar surface area (TPSA) is 73.3 Å². The molecule has 2 aromatic rings. The zero-order valence-corrected chi connectivity index (χ0v) is 16.5. The molecular formula is C20H22F3N3O4. The number of benzene rings is 2. The number of nitrogens with zero attached hydrogens (tertiary/aromatic N) is 1. The quantitative estimate of drug-likeness (QED) is 0.500. The number of halogens is 3. The van der Waals surface area contributed by atoms with Crippen molar-refractivity contribution in [3.8, 4) is 23.0 Å². The van der Waals surface area contributed by atoms with Crippen LogP contribution in [0.2, 0.25) is 0 Å². The molecule has 0 fully saturated rings. The molecule has 1 heterocycles. The summed E-state index contributed by atoms with van der Waals surface area (Å²) in [5.41, 5.74) is 0.443. The Bertz CT molecular complexity index is 896. The van der Waals surface area contributed by atoms with Crippen LogP contribution >= 0.6 is 0 Å². The summed E-state index contributed by atoms with van der Waals surface area (Å²) in [5.74, 6) is 0.887. The van der Waals surface area contributed by atoms with Crippen molar-refractivity contribution in [3.63, 3.8) is 0 Å². The highest BCUT2D eigenvalue weighted by Gasteiger charge is 2.20. The third-order valence-electron chi connectivity index (χ3n) is 4.16. The van der Waals surface area contributed by atoms with Crippen LogP contribution in [0.15, 0.2) is 41.4 Å². The van der Waals surface area contributed by atoms with Crippen molar-refractivity contribution in [1.82, 2.24) is 10.6 Å². The summed E-state index contributed by atoms with van der Waals surface area (Å²) in [6.07, 6.45) is -0.358. The van der Waals surface area contributed by atoms with E-state index in [1.54, 1.807) is 38.2 Å². The molecule has 1 aliphatic rings. The number of guanidine groups is 1. The largest absolute Gasteiger partial charge is 0.486 e. The fourth-order valence-electron chi connectivity index (χ4n) is 2.75. The number of alkyl halides is 2. The smallest absolute Gasteiger partial charge is 0.387 e. The van der Waals surface area contributed by atoms with E-state index in [4.69, 9.17) is 14.2 Å². The fourth-order valence-corrected chi connectivity index (χ4v) is 2.75. The van der Waals surface area contributed by atoms with Crippen molar-refractivity contribution in [1.29, 1.82) is 0 Å². The molecule has 0 spiro atoms. The van der Waals surface area contributed by atoms with Crippen LogP contribution in [0, 0.1) is 5.82 Å². The summed E-state index contributed by atoms with van der Waals surface area (Å²) in [5, 5.41) is 6.05. The Hall–Kier alpha value is -3.30. The molecule has 1 aliphatic heterocycles. The van der Waals surface area contributed by atoms with Crippen molar-refractivity contribution in [2.75, 3.05) is 20.4 Å². The molecule has 2 aromatic carbocycles. The van der Waals surface area contributed by atoms with Gasteiger partial charge in [-0.2, -0.15) is 8.78 Å². The van der Waals surface area contributed by atoms with Gasteiger partial charge in [-0.05, 0) is 25.1 Å². The van der Waals surface area contributed by atoms with Crippen LogP contribution < -0.4 is 29.6 Å². The monoisotopic (exact) mass is 425 g/mol. The number of rotatable bonds is 8. The first-order chi connectivity index (χ1) is 14.5. The molecule has 0 aromatic heterocycles. The molecule has 2 N–H and O–H groups in total. The van der Waals surface area contributed by atoms with E-state index in [-0.39, 0.29) is 30.9 Å². The Labute approximate surface area is 171 Å². The second-order valence-corrected chi connectivity index (χ2v) is 6.36. The maximum atomic E-state index is 13.7. The second-order valence-electron chi connectivity index (χ2n) is 6.36. The van der Waals surface area contributed by atoms with Crippen molar-refractivity contribution in [2.45, 2.75) is 26.2 Å². The molecule has 1 unspecified atom stereocenters. The Balaban J connectivity index is 1.57. The maximum Gasteiger partial charge on any atom is 0.387 e. The SMILES string of the molecule is CN=C(NCc1cc2c(cc1OC(F)F)OCO2)NCC(C)Oc1ccccc1F. The third kappa shape index (κ3) is 5.62. The first-order valence-electron chi connectivity index (χ1n) is 9.19. The van der Waals surface area contributed by atoms with Gasteiger partial charge < -0.3 is 29.6 Å². The van der Waals surface area contributed by atoms with Crippen LogP contribution in [0.3, 0.4) is 0 Å². The first-order valence-corrected chi connectivity index (χ1v) is 9.19. The average Bonchev–Trinajstić information content (AvgIpc) is 3.16. The summed E-state index contributed by atoms with van der Waals surface area (Å²) in [6.45, 7) is -0.711. The fraction of sp³-hybridized carbons (Fsp3) is 0.350. The number of hydrogen-bond acceptors (Lipinski definition) is 5. The molecule has 3 rings (SSSR count). The number of fused-ring (bicyclic) bond motifs is 1. The lowest BCUT2D eigenvalue weighted by molar-refractivity contribution is -0.0505. The molecule has 0 radical (unpaired) electrons. The summed E-state index contributed by atoms with van der Waals surface area (Å²) >= 11 is 0. The number of para-hydroxylation sites is 1. The molecule has 0 saturated heterocycles. The maximum absolute atomic E-state index is 13.7. The van der Waals surface area contributed by atoms with Gasteiger partial charge in [-0.15, -0.1) is 0 Å². The lowest BCUT2D eigenvalue weighted by atomic mass is 10.1. The van der Waals surface area contributed by atoms with Crippen LogP contribution in [0.5, 0.6) is 23.0 Å². The van der Waals surface area contributed by atoms with E-state index in [1.807, 2.05) is 0 Å². The molecule has 7 nitrogen and oxygen atoms in total. The molecule has 0 bridgehead atoms. The van der Waals surface area contributed by atoms with Crippen LogP contribution in [0.1, 0.15) is 12.5 Å². The van der Waals surface area contributed by atoms with Crippen LogP contribution in [-0.4, -0.2) is 39.1 Å². The van der Waals surface area contributed by atoms with Gasteiger partial charge in [-0.3, -0.25) is 4.99 Å². The van der Waals surface area contributed by atoms with Gasteiger partial charge in [0, 0.05) is 25.2 Å². The number of aliphatic imine (C=N–C) groups is 1. The predicted octanol–water partition coefficient (Wildman–Crippen LogP) is 3.29. The van der Waals surface area contributed by atoms with Crippen molar-refractivity contribution < 1.29 is 32.1 Å². The van der Waals surface area contributed by atoms with Gasteiger partial charge in [0.25, 0.3) is 0 Å². The lowest BCUT2D eigenvalue weighted by Gasteiger charge is -2.18. The van der Waals surface area contributed by atoms with E-state index in [0.29, 0.717) is 29.6 Å². The number of ether oxygens (including phenoxy) is 4. The highest BCUT2D eigenvalue weighted by molar-refractivity contribution is 5.79. The summed E-state index contributed by atoms with van der Waals surface area (Å²) < 4.78 is 59.8. The third-order valence-corrected chi connectivity index (χ3v) is 4.16. The Morgan fingerprint density at radius 3 is 2.53 bits per heavy atom. The predicted molar refractivity (Wildman–Crippen MR) is 104 cm³/mol. The lowest BCUT2D eigenvalue weighted by Crippen LogP contribution is -2.41. The molecule has 0 aliphatic carbocycles. The molecule has 162 valence electrons. The first kappa shape index (κ1) is 21.4. The molecule has 30 heavy (non-hydrogen) atoms. The number of hydrogen-bond donors (Lipinski definition) is 2. The van der Waals surface area contributed by atoms with Gasteiger partial charge >= 0.3 is 6.61 Å². The Morgan fingerprint density at radius 2 is 1.83 bits per heavy atom. The van der Waals surface area contributed by atoms with E-state index < -0.39 is 12.4 Å². The van der Waals surface area contributed by atoms with E-state index in [1.165, 1.54) is 12.1 Å². The summed E-state index contributed by atoms with van der Waals surface area (Å²) in [4.78, 5) is 4.08. The Morgan fingerprint density at radius 1 is 1.10 bits per heavy atom. The van der Waals surface area contributed by atoms with Gasteiger partial charge in [-0.25, -0.2) is 4.39 Å². The molecular weight excluding hydrogens is 403 g/mol. The second kappa shape index (κ2) is 9.95. The van der Waals surface area contributed by atoms with Gasteiger partial charge in [0.15, 0.2) is 29.0 Å². The summed E-state index contributed by atoms with van der Waals surface area (Å²) in [6, 6.07) is 9.07. The van der Waals surface area contributed by atoms with E-state index in [9.17, 15) is 13.2 Å². The molecule has 0 saturated carbocycles. The van der Waals surface area contributed by atoms with Gasteiger partial charge in [-0.1, -0.05) is 12.1 Å². The minimum absolute atomic E-state index is 0.0173. The average molecular weight is 425 g/mol.